The minimum Gasteiger partial charge on any atom is -0.344 e. The number of carbonyl (C=O) groups is 1. The molecule has 110 valence electrons. The fraction of sp³-hybridized carbons (Fsp3) is 0.588. The molecule has 1 N–H and O–H groups in total. The molecule has 1 amide bonds. The highest BCUT2D eigenvalue weighted by molar-refractivity contribution is 5.81. The average Bonchev–Trinajstić information content (AvgIpc) is 2.53. The van der Waals surface area contributed by atoms with Crippen molar-refractivity contribution in [1.82, 2.24) is 10.2 Å². The fourth-order valence-corrected chi connectivity index (χ4v) is 2.87. The van der Waals surface area contributed by atoms with E-state index in [4.69, 9.17) is 0 Å². The molecule has 2 unspecified atom stereocenters. The van der Waals surface area contributed by atoms with Crippen LogP contribution < -0.4 is 5.32 Å². The van der Waals surface area contributed by atoms with Gasteiger partial charge in [-0.15, -0.1) is 0 Å². The van der Waals surface area contributed by atoms with Crippen molar-refractivity contribution in [3.8, 4) is 0 Å². The van der Waals surface area contributed by atoms with Gasteiger partial charge in [0.25, 0.3) is 0 Å². The van der Waals surface area contributed by atoms with E-state index < -0.39 is 0 Å². The summed E-state index contributed by atoms with van der Waals surface area (Å²) in [6.07, 6.45) is 4.30. The number of nitrogens with one attached hydrogen (secondary N) is 1. The number of carbonyl (C=O) groups excluding carboxylic acids is 1. The molecule has 0 bridgehead atoms. The molecule has 1 aliphatic heterocycles. The number of piperidine rings is 1. The molecule has 20 heavy (non-hydrogen) atoms. The van der Waals surface area contributed by atoms with Gasteiger partial charge in [-0.3, -0.25) is 4.79 Å². The predicted octanol–water partition coefficient (Wildman–Crippen LogP) is 2.47. The Labute approximate surface area is 122 Å². The van der Waals surface area contributed by atoms with Crippen LogP contribution in [-0.4, -0.2) is 37.0 Å². The molecule has 0 saturated carbocycles. The molecule has 0 spiro atoms. The number of likely N-dealkylation sites (N-methyl/N-ethyl adjacent to an activating group) is 1. The van der Waals surface area contributed by atoms with E-state index in [0.717, 1.165) is 25.9 Å². The third-order valence-corrected chi connectivity index (χ3v) is 4.34. The maximum atomic E-state index is 12.4. The van der Waals surface area contributed by atoms with E-state index in [9.17, 15) is 4.79 Å². The van der Waals surface area contributed by atoms with Crippen LogP contribution in [0.4, 0.5) is 0 Å². The third kappa shape index (κ3) is 4.07. The van der Waals surface area contributed by atoms with E-state index in [-0.39, 0.29) is 11.9 Å². The zero-order chi connectivity index (χ0) is 14.4. The molecule has 0 aromatic heterocycles. The molecule has 1 heterocycles. The minimum absolute atomic E-state index is 0.0227. The Morgan fingerprint density at radius 2 is 2.10 bits per heavy atom. The maximum absolute atomic E-state index is 12.4. The van der Waals surface area contributed by atoms with Gasteiger partial charge in [0.2, 0.25) is 5.91 Å². The first-order valence-corrected chi connectivity index (χ1v) is 7.73. The first-order chi connectivity index (χ1) is 9.70. The topological polar surface area (TPSA) is 32.3 Å². The zero-order valence-electron chi connectivity index (χ0n) is 12.6. The Hall–Kier alpha value is -1.35. The normalized spacial score (nSPS) is 22.5. The fourth-order valence-electron chi connectivity index (χ4n) is 2.87. The van der Waals surface area contributed by atoms with Crippen LogP contribution in [0.5, 0.6) is 0 Å². The number of rotatable bonds is 5. The van der Waals surface area contributed by atoms with Gasteiger partial charge in [-0.1, -0.05) is 43.7 Å². The van der Waals surface area contributed by atoms with Crippen LogP contribution in [0.15, 0.2) is 30.3 Å². The molecule has 2 rings (SSSR count). The molecule has 2 atom stereocenters. The molecular formula is C17H26N2O. The van der Waals surface area contributed by atoms with Crippen molar-refractivity contribution in [3.05, 3.63) is 35.9 Å². The van der Waals surface area contributed by atoms with E-state index >= 15 is 0 Å². The number of nitrogens with zero attached hydrogens (tertiary/aromatic N) is 1. The van der Waals surface area contributed by atoms with Gasteiger partial charge in [0.1, 0.15) is 0 Å². The third-order valence-electron chi connectivity index (χ3n) is 4.34. The first kappa shape index (κ1) is 15.0. The van der Waals surface area contributed by atoms with Crippen molar-refractivity contribution < 1.29 is 4.79 Å². The summed E-state index contributed by atoms with van der Waals surface area (Å²) in [6, 6.07) is 10.4. The van der Waals surface area contributed by atoms with Gasteiger partial charge in [-0.25, -0.2) is 0 Å². The standard InChI is InChI=1S/C17H26N2O/c1-3-14-9-11-18-16(13-14)17(20)19(2)12-10-15-7-5-4-6-8-15/h4-8,14,16,18H,3,9-13H2,1-2H3. The number of benzene rings is 1. The number of hydrogen-bond donors (Lipinski definition) is 1. The van der Waals surface area contributed by atoms with Crippen LogP contribution in [0.25, 0.3) is 0 Å². The van der Waals surface area contributed by atoms with E-state index in [1.54, 1.807) is 0 Å². The molecule has 0 aliphatic carbocycles. The van der Waals surface area contributed by atoms with Crippen molar-refractivity contribution in [3.63, 3.8) is 0 Å². The minimum atomic E-state index is 0.0227. The first-order valence-electron chi connectivity index (χ1n) is 7.73. The molecule has 1 fully saturated rings. The Balaban J connectivity index is 1.82. The van der Waals surface area contributed by atoms with Crippen LogP contribution in [-0.2, 0) is 11.2 Å². The van der Waals surface area contributed by atoms with Crippen molar-refractivity contribution in [2.24, 2.45) is 5.92 Å². The molecule has 1 aromatic rings. The largest absolute Gasteiger partial charge is 0.344 e. The van der Waals surface area contributed by atoms with Gasteiger partial charge in [-0.2, -0.15) is 0 Å². The van der Waals surface area contributed by atoms with Crippen LogP contribution >= 0.6 is 0 Å². The van der Waals surface area contributed by atoms with Gasteiger partial charge < -0.3 is 10.2 Å². The monoisotopic (exact) mass is 274 g/mol. The van der Waals surface area contributed by atoms with Gasteiger partial charge >= 0.3 is 0 Å². The van der Waals surface area contributed by atoms with Gasteiger partial charge in [0.15, 0.2) is 0 Å². The van der Waals surface area contributed by atoms with Crippen molar-refractivity contribution in [1.29, 1.82) is 0 Å². The van der Waals surface area contributed by atoms with Crippen LogP contribution in [0.1, 0.15) is 31.7 Å². The van der Waals surface area contributed by atoms with Crippen LogP contribution in [0.2, 0.25) is 0 Å². The highest BCUT2D eigenvalue weighted by Gasteiger charge is 2.27. The highest BCUT2D eigenvalue weighted by atomic mass is 16.2. The van der Waals surface area contributed by atoms with Crippen LogP contribution in [0, 0.1) is 5.92 Å². The summed E-state index contributed by atoms with van der Waals surface area (Å²) in [5.74, 6) is 0.951. The summed E-state index contributed by atoms with van der Waals surface area (Å²) in [6.45, 7) is 3.98. The predicted molar refractivity (Wildman–Crippen MR) is 82.6 cm³/mol. The second kappa shape index (κ2) is 7.44. The second-order valence-corrected chi connectivity index (χ2v) is 5.80. The lowest BCUT2D eigenvalue weighted by atomic mass is 9.90. The molecule has 1 saturated heterocycles. The summed E-state index contributed by atoms with van der Waals surface area (Å²) < 4.78 is 0. The van der Waals surface area contributed by atoms with E-state index in [1.807, 2.05) is 30.1 Å². The Bertz CT molecular complexity index is 418. The molecule has 1 aliphatic rings. The molecular weight excluding hydrogens is 248 g/mol. The summed E-state index contributed by atoms with van der Waals surface area (Å²) in [5.41, 5.74) is 1.29. The van der Waals surface area contributed by atoms with Gasteiger partial charge in [-0.05, 0) is 37.3 Å². The van der Waals surface area contributed by atoms with E-state index in [1.165, 1.54) is 18.4 Å². The van der Waals surface area contributed by atoms with Gasteiger partial charge in [0.05, 0.1) is 6.04 Å². The SMILES string of the molecule is CCC1CCNC(C(=O)N(C)CCc2ccccc2)C1. The number of hydrogen-bond acceptors (Lipinski definition) is 2. The van der Waals surface area contributed by atoms with Crippen LogP contribution in [0.3, 0.4) is 0 Å². The van der Waals surface area contributed by atoms with Crippen molar-refractivity contribution in [2.45, 2.75) is 38.6 Å². The highest BCUT2D eigenvalue weighted by Crippen LogP contribution is 2.20. The molecule has 3 heteroatoms. The molecule has 1 aromatic carbocycles. The lowest BCUT2D eigenvalue weighted by Gasteiger charge is -2.31. The Kier molecular flexibility index (Phi) is 5.60. The van der Waals surface area contributed by atoms with Crippen molar-refractivity contribution in [2.75, 3.05) is 20.1 Å². The lowest BCUT2D eigenvalue weighted by Crippen LogP contribution is -2.49. The van der Waals surface area contributed by atoms with E-state index in [2.05, 4.69) is 24.4 Å². The average molecular weight is 274 g/mol. The van der Waals surface area contributed by atoms with Crippen molar-refractivity contribution >= 4 is 5.91 Å². The second-order valence-electron chi connectivity index (χ2n) is 5.80. The Morgan fingerprint density at radius 1 is 1.35 bits per heavy atom. The Morgan fingerprint density at radius 3 is 2.80 bits per heavy atom. The molecule has 0 radical (unpaired) electrons. The van der Waals surface area contributed by atoms with E-state index in [0.29, 0.717) is 5.92 Å². The maximum Gasteiger partial charge on any atom is 0.239 e. The molecule has 3 nitrogen and oxygen atoms in total. The quantitative estimate of drug-likeness (QED) is 0.894. The summed E-state index contributed by atoms with van der Waals surface area (Å²) >= 11 is 0. The zero-order valence-corrected chi connectivity index (χ0v) is 12.6. The summed E-state index contributed by atoms with van der Waals surface area (Å²) in [4.78, 5) is 14.3. The lowest BCUT2D eigenvalue weighted by molar-refractivity contribution is -0.133. The summed E-state index contributed by atoms with van der Waals surface area (Å²) in [7, 11) is 1.92. The van der Waals surface area contributed by atoms with Gasteiger partial charge in [0, 0.05) is 13.6 Å². The number of amides is 1. The summed E-state index contributed by atoms with van der Waals surface area (Å²) in [5, 5.41) is 3.37. The smallest absolute Gasteiger partial charge is 0.239 e.